The van der Waals surface area contributed by atoms with Crippen LogP contribution >= 0.6 is 24.0 Å². The Balaban J connectivity index is 0.00000320. The molecule has 1 aliphatic heterocycles. The van der Waals surface area contributed by atoms with Crippen molar-refractivity contribution in [2.75, 3.05) is 20.1 Å². The highest BCUT2D eigenvalue weighted by Gasteiger charge is 2.29. The first-order chi connectivity index (χ1) is 13.9. The van der Waals surface area contributed by atoms with Gasteiger partial charge in [0.05, 0.1) is 12.1 Å². The number of halogens is 4. The van der Waals surface area contributed by atoms with E-state index in [-0.39, 0.29) is 36.4 Å². The molecule has 1 amide bonds. The number of benzene rings is 2. The smallest absolute Gasteiger partial charge is 0.352 e. The summed E-state index contributed by atoms with van der Waals surface area (Å²) in [7, 11) is 1.57. The van der Waals surface area contributed by atoms with Crippen molar-refractivity contribution in [3.05, 3.63) is 70.8 Å². The zero-order valence-corrected chi connectivity index (χ0v) is 18.8. The minimum atomic E-state index is -4.35. The van der Waals surface area contributed by atoms with Gasteiger partial charge < -0.3 is 15.5 Å². The number of fused-ring (bicyclic) bond motifs is 1. The molecule has 162 valence electrons. The third kappa shape index (κ3) is 6.35. The molecule has 0 fully saturated rings. The third-order valence-electron chi connectivity index (χ3n) is 4.86. The van der Waals surface area contributed by atoms with E-state index in [9.17, 15) is 18.0 Å². The number of carbonyl (C=O) groups is 1. The van der Waals surface area contributed by atoms with Crippen molar-refractivity contribution in [2.24, 2.45) is 4.99 Å². The average molecular weight is 532 g/mol. The maximum absolute atomic E-state index is 12.6. The van der Waals surface area contributed by atoms with Crippen LogP contribution in [0, 0.1) is 0 Å². The first kappa shape index (κ1) is 24.0. The maximum Gasteiger partial charge on any atom is 0.416 e. The summed E-state index contributed by atoms with van der Waals surface area (Å²) in [5, 5.41) is 5.97. The molecule has 1 heterocycles. The highest BCUT2D eigenvalue weighted by atomic mass is 127. The molecular formula is C21H24F3IN4O. The topological polar surface area (TPSA) is 56.7 Å². The van der Waals surface area contributed by atoms with Gasteiger partial charge in [-0.05, 0) is 35.2 Å². The molecule has 9 heteroatoms. The molecule has 2 aromatic carbocycles. The molecule has 0 aromatic heterocycles. The van der Waals surface area contributed by atoms with Crippen LogP contribution in [0.5, 0.6) is 0 Å². The third-order valence-corrected chi connectivity index (χ3v) is 4.86. The van der Waals surface area contributed by atoms with E-state index in [4.69, 9.17) is 0 Å². The summed E-state index contributed by atoms with van der Waals surface area (Å²) in [4.78, 5) is 18.4. The van der Waals surface area contributed by atoms with Crippen molar-refractivity contribution in [3.8, 4) is 0 Å². The lowest BCUT2D eigenvalue weighted by Crippen LogP contribution is -2.45. The van der Waals surface area contributed by atoms with Crippen LogP contribution in [0.3, 0.4) is 0 Å². The minimum Gasteiger partial charge on any atom is -0.352 e. The van der Waals surface area contributed by atoms with E-state index in [0.29, 0.717) is 31.2 Å². The molecule has 0 aliphatic carbocycles. The zero-order chi connectivity index (χ0) is 20.9. The van der Waals surface area contributed by atoms with E-state index in [1.165, 1.54) is 17.7 Å². The Kier molecular flexibility index (Phi) is 8.51. The van der Waals surface area contributed by atoms with Crippen molar-refractivity contribution in [1.29, 1.82) is 0 Å². The molecule has 0 radical (unpaired) electrons. The first-order valence-corrected chi connectivity index (χ1v) is 9.32. The van der Waals surface area contributed by atoms with Crippen molar-refractivity contribution in [1.82, 2.24) is 15.5 Å². The van der Waals surface area contributed by atoms with E-state index in [2.05, 4.69) is 21.7 Å². The summed E-state index contributed by atoms with van der Waals surface area (Å²) >= 11 is 0. The number of aliphatic imine (C=N–C) groups is 1. The van der Waals surface area contributed by atoms with Gasteiger partial charge in [0, 0.05) is 26.7 Å². The average Bonchev–Trinajstić information content (AvgIpc) is 2.73. The molecule has 0 saturated heterocycles. The maximum atomic E-state index is 12.6. The predicted octanol–water partition coefficient (Wildman–Crippen LogP) is 3.57. The molecule has 0 unspecified atom stereocenters. The van der Waals surface area contributed by atoms with Crippen molar-refractivity contribution < 1.29 is 18.0 Å². The monoisotopic (exact) mass is 532 g/mol. The molecular weight excluding hydrogens is 508 g/mol. The fourth-order valence-electron chi connectivity index (χ4n) is 3.20. The standard InChI is InChI=1S/C21H23F3N4O.HI/c1-25-20(26-12-15-6-8-18(9-7-15)21(22,23)24)27-13-19(29)28-11-10-16-4-2-3-5-17(16)14-28;/h2-9H,10-14H2,1H3,(H2,25,26,27);1H. The molecule has 5 nitrogen and oxygen atoms in total. The number of carbonyl (C=O) groups excluding carboxylic acids is 1. The predicted molar refractivity (Wildman–Crippen MR) is 121 cm³/mol. The molecule has 30 heavy (non-hydrogen) atoms. The summed E-state index contributed by atoms with van der Waals surface area (Å²) in [5.41, 5.74) is 2.44. The van der Waals surface area contributed by atoms with Crippen LogP contribution in [-0.2, 0) is 30.5 Å². The lowest BCUT2D eigenvalue weighted by Gasteiger charge is -2.29. The van der Waals surface area contributed by atoms with Gasteiger partial charge in [-0.3, -0.25) is 9.79 Å². The summed E-state index contributed by atoms with van der Waals surface area (Å²) in [6.45, 7) is 1.65. The SMILES string of the molecule is CN=C(NCC(=O)N1CCc2ccccc2C1)NCc1ccc(C(F)(F)F)cc1.I. The molecule has 2 aromatic rings. The van der Waals surface area contributed by atoms with Crippen molar-refractivity contribution >= 4 is 35.8 Å². The van der Waals surface area contributed by atoms with Crippen LogP contribution < -0.4 is 10.6 Å². The number of alkyl halides is 3. The van der Waals surface area contributed by atoms with Gasteiger partial charge in [0.1, 0.15) is 0 Å². The normalized spacial score (nSPS) is 13.9. The summed E-state index contributed by atoms with van der Waals surface area (Å²) in [6, 6.07) is 13.0. The van der Waals surface area contributed by atoms with Gasteiger partial charge in [0.15, 0.2) is 5.96 Å². The number of hydrogen-bond acceptors (Lipinski definition) is 2. The Labute approximate surface area is 190 Å². The van der Waals surface area contributed by atoms with E-state index >= 15 is 0 Å². The Hall–Kier alpha value is -2.30. The van der Waals surface area contributed by atoms with Gasteiger partial charge in [-0.25, -0.2) is 0 Å². The Morgan fingerprint density at radius 2 is 1.73 bits per heavy atom. The van der Waals surface area contributed by atoms with Crippen LogP contribution in [0.2, 0.25) is 0 Å². The fourth-order valence-corrected chi connectivity index (χ4v) is 3.20. The molecule has 0 atom stereocenters. The van der Waals surface area contributed by atoms with Gasteiger partial charge in [0.2, 0.25) is 5.91 Å². The number of rotatable bonds is 4. The van der Waals surface area contributed by atoms with Crippen LogP contribution in [0.15, 0.2) is 53.5 Å². The highest BCUT2D eigenvalue weighted by molar-refractivity contribution is 14.0. The van der Waals surface area contributed by atoms with E-state index in [0.717, 1.165) is 24.1 Å². The van der Waals surface area contributed by atoms with Crippen LogP contribution in [0.4, 0.5) is 13.2 Å². The van der Waals surface area contributed by atoms with Crippen LogP contribution in [0.25, 0.3) is 0 Å². The molecule has 0 spiro atoms. The van der Waals surface area contributed by atoms with E-state index in [1.807, 2.05) is 18.2 Å². The van der Waals surface area contributed by atoms with Crippen molar-refractivity contribution in [3.63, 3.8) is 0 Å². The molecule has 2 N–H and O–H groups in total. The Bertz CT molecular complexity index is 885. The fraction of sp³-hybridized carbons (Fsp3) is 0.333. The van der Waals surface area contributed by atoms with Gasteiger partial charge in [0.25, 0.3) is 0 Å². The molecule has 1 aliphatic rings. The second-order valence-electron chi connectivity index (χ2n) is 6.81. The number of guanidine groups is 1. The van der Waals surface area contributed by atoms with Gasteiger partial charge in [-0.1, -0.05) is 36.4 Å². The lowest BCUT2D eigenvalue weighted by molar-refractivity contribution is -0.137. The number of nitrogens with zero attached hydrogens (tertiary/aromatic N) is 2. The second-order valence-corrected chi connectivity index (χ2v) is 6.81. The number of hydrogen-bond donors (Lipinski definition) is 2. The minimum absolute atomic E-state index is 0. The summed E-state index contributed by atoms with van der Waals surface area (Å²) < 4.78 is 37.9. The van der Waals surface area contributed by atoms with Crippen LogP contribution in [-0.4, -0.2) is 36.9 Å². The quantitative estimate of drug-likeness (QED) is 0.360. The largest absolute Gasteiger partial charge is 0.416 e. The lowest BCUT2D eigenvalue weighted by atomic mass is 10.00. The van der Waals surface area contributed by atoms with Crippen molar-refractivity contribution in [2.45, 2.75) is 25.7 Å². The van der Waals surface area contributed by atoms with E-state index < -0.39 is 11.7 Å². The summed E-state index contributed by atoms with van der Waals surface area (Å²) in [5.74, 6) is 0.382. The molecule has 0 saturated carbocycles. The highest BCUT2D eigenvalue weighted by Crippen LogP contribution is 2.29. The van der Waals surface area contributed by atoms with Gasteiger partial charge >= 0.3 is 6.18 Å². The van der Waals surface area contributed by atoms with Gasteiger partial charge in [-0.2, -0.15) is 13.2 Å². The Morgan fingerprint density at radius 1 is 1.07 bits per heavy atom. The second kappa shape index (κ2) is 10.6. The van der Waals surface area contributed by atoms with Crippen LogP contribution in [0.1, 0.15) is 22.3 Å². The van der Waals surface area contributed by atoms with Gasteiger partial charge in [-0.15, -0.1) is 24.0 Å². The zero-order valence-electron chi connectivity index (χ0n) is 16.5. The number of amides is 1. The first-order valence-electron chi connectivity index (χ1n) is 9.32. The number of nitrogens with one attached hydrogen (secondary N) is 2. The van der Waals surface area contributed by atoms with E-state index in [1.54, 1.807) is 11.9 Å². The molecule has 3 rings (SSSR count). The summed E-state index contributed by atoms with van der Waals surface area (Å²) in [6.07, 6.45) is -3.51. The Morgan fingerprint density at radius 3 is 2.37 bits per heavy atom. The molecule has 0 bridgehead atoms.